The summed E-state index contributed by atoms with van der Waals surface area (Å²) < 4.78 is 26.3. The van der Waals surface area contributed by atoms with E-state index in [9.17, 15) is 14.0 Å². The maximum atomic E-state index is 13.8. The number of fused-ring (bicyclic) bond motifs is 2. The molecule has 7 heteroatoms. The minimum atomic E-state index is -0.636. The van der Waals surface area contributed by atoms with Gasteiger partial charge in [0.25, 0.3) is 0 Å². The molecule has 1 heterocycles. The van der Waals surface area contributed by atoms with E-state index in [-0.39, 0.29) is 19.0 Å². The van der Waals surface area contributed by atoms with Crippen LogP contribution in [0.5, 0.6) is 0 Å². The Hall–Kier alpha value is -3.87. The van der Waals surface area contributed by atoms with E-state index in [0.717, 1.165) is 32.8 Å². The van der Waals surface area contributed by atoms with Crippen molar-refractivity contribution in [1.29, 1.82) is 0 Å². The summed E-state index contributed by atoms with van der Waals surface area (Å²) in [4.78, 5) is 25.2. The van der Waals surface area contributed by atoms with Gasteiger partial charge >= 0.3 is 12.1 Å². The summed E-state index contributed by atoms with van der Waals surface area (Å²) in [7, 11) is 1.85. The molecule has 0 radical (unpaired) electrons. The number of nitrogens with one attached hydrogen (secondary N) is 1. The van der Waals surface area contributed by atoms with Crippen LogP contribution in [0, 0.1) is 5.82 Å². The lowest BCUT2D eigenvalue weighted by Gasteiger charge is -2.20. The van der Waals surface area contributed by atoms with Gasteiger partial charge in [0.1, 0.15) is 11.4 Å². The number of amides is 1. The number of esters is 1. The van der Waals surface area contributed by atoms with Crippen molar-refractivity contribution in [2.24, 2.45) is 7.05 Å². The van der Waals surface area contributed by atoms with Crippen molar-refractivity contribution in [3.05, 3.63) is 71.7 Å². The van der Waals surface area contributed by atoms with Crippen molar-refractivity contribution in [3.8, 4) is 11.1 Å². The van der Waals surface area contributed by atoms with Crippen LogP contribution in [-0.4, -0.2) is 28.8 Å². The van der Waals surface area contributed by atoms with E-state index in [0.29, 0.717) is 11.3 Å². The molecular formula is C28H29FN2O4. The van der Waals surface area contributed by atoms with E-state index < -0.39 is 17.7 Å². The normalized spacial score (nSPS) is 11.6. The second-order valence-electron chi connectivity index (χ2n) is 9.36. The van der Waals surface area contributed by atoms with Gasteiger partial charge in [0.2, 0.25) is 0 Å². The Bertz CT molecular complexity index is 1430. The Kier molecular flexibility index (Phi) is 6.52. The van der Waals surface area contributed by atoms with Crippen molar-refractivity contribution in [3.63, 3.8) is 0 Å². The summed E-state index contributed by atoms with van der Waals surface area (Å²) in [6.45, 7) is 7.45. The van der Waals surface area contributed by atoms with Crippen LogP contribution in [0.15, 0.2) is 54.6 Å². The van der Waals surface area contributed by atoms with Gasteiger partial charge < -0.3 is 19.4 Å². The van der Waals surface area contributed by atoms with Crippen LogP contribution in [0.2, 0.25) is 0 Å². The first-order valence-corrected chi connectivity index (χ1v) is 11.5. The molecule has 1 amide bonds. The minimum absolute atomic E-state index is 0.0944. The van der Waals surface area contributed by atoms with Gasteiger partial charge in [0.15, 0.2) is 0 Å². The largest absolute Gasteiger partial charge is 0.462 e. The maximum absolute atomic E-state index is 13.8. The fourth-order valence-electron chi connectivity index (χ4n) is 4.27. The lowest BCUT2D eigenvalue weighted by Crippen LogP contribution is -2.33. The van der Waals surface area contributed by atoms with Crippen LogP contribution in [0.25, 0.3) is 32.8 Å². The number of aryl methyl sites for hydroxylation is 1. The van der Waals surface area contributed by atoms with Crippen LogP contribution in [0.3, 0.4) is 0 Å². The molecule has 0 aliphatic rings. The predicted octanol–water partition coefficient (Wildman–Crippen LogP) is 6.34. The number of alkyl carbamates (subject to hydrolysis) is 1. The molecule has 1 aromatic heterocycles. The first-order valence-electron chi connectivity index (χ1n) is 11.5. The third kappa shape index (κ3) is 4.99. The maximum Gasteiger partial charge on any atom is 0.407 e. The number of benzene rings is 3. The van der Waals surface area contributed by atoms with Gasteiger partial charge in [0.05, 0.1) is 24.4 Å². The quantitative estimate of drug-likeness (QED) is 0.341. The summed E-state index contributed by atoms with van der Waals surface area (Å²) in [5.41, 5.74) is 3.08. The number of nitrogens with zero attached hydrogens (tertiary/aromatic N) is 1. The molecule has 1 N–H and O–H groups in total. The van der Waals surface area contributed by atoms with E-state index in [1.807, 2.05) is 48.0 Å². The highest BCUT2D eigenvalue weighted by Crippen LogP contribution is 2.34. The number of halogens is 1. The SMILES string of the molecule is CCOC(=O)c1c(CNC(=O)OC(C)(C)C)n(C)c2cc(-c3cccc4cc(F)ccc34)ccc12. The van der Waals surface area contributed by atoms with Crippen molar-refractivity contribution < 1.29 is 23.5 Å². The topological polar surface area (TPSA) is 69.6 Å². The molecule has 0 atom stereocenters. The van der Waals surface area contributed by atoms with Crippen LogP contribution in [0.1, 0.15) is 43.7 Å². The molecule has 0 aliphatic heterocycles. The van der Waals surface area contributed by atoms with Gasteiger partial charge in [-0.25, -0.2) is 14.0 Å². The molecule has 0 saturated heterocycles. The van der Waals surface area contributed by atoms with Gasteiger partial charge in [-0.15, -0.1) is 0 Å². The second kappa shape index (κ2) is 9.41. The molecule has 0 unspecified atom stereocenters. The van der Waals surface area contributed by atoms with Gasteiger partial charge in [-0.1, -0.05) is 36.4 Å². The van der Waals surface area contributed by atoms with E-state index in [1.165, 1.54) is 12.1 Å². The third-order valence-corrected chi connectivity index (χ3v) is 5.75. The summed E-state index contributed by atoms with van der Waals surface area (Å²) in [6, 6.07) is 16.3. The lowest BCUT2D eigenvalue weighted by atomic mass is 9.97. The molecule has 0 fully saturated rings. The number of aromatic nitrogens is 1. The summed E-state index contributed by atoms with van der Waals surface area (Å²) in [6.07, 6.45) is -0.568. The van der Waals surface area contributed by atoms with Crippen LogP contribution in [0.4, 0.5) is 9.18 Å². The molecule has 4 aromatic rings. The average molecular weight is 477 g/mol. The molecule has 0 spiro atoms. The standard InChI is InChI=1S/C28H29FN2O4/c1-6-34-26(32)25-22-12-10-18(20-9-7-8-17-14-19(29)11-13-21(17)20)15-23(22)31(5)24(25)16-30-27(33)35-28(2,3)4/h7-15H,6,16H2,1-5H3,(H,30,33). The molecule has 6 nitrogen and oxygen atoms in total. The first kappa shape index (κ1) is 24.3. The lowest BCUT2D eigenvalue weighted by molar-refractivity contribution is 0.0502. The minimum Gasteiger partial charge on any atom is -0.462 e. The summed E-state index contributed by atoms with van der Waals surface area (Å²) in [5.74, 6) is -0.735. The first-order chi connectivity index (χ1) is 16.6. The van der Waals surface area contributed by atoms with E-state index >= 15 is 0 Å². The van der Waals surface area contributed by atoms with Crippen molar-refractivity contribution >= 4 is 33.7 Å². The Morgan fingerprint density at radius 1 is 1.03 bits per heavy atom. The molecule has 4 rings (SSSR count). The Balaban J connectivity index is 1.81. The molecule has 182 valence electrons. The third-order valence-electron chi connectivity index (χ3n) is 5.75. The smallest absolute Gasteiger partial charge is 0.407 e. The van der Waals surface area contributed by atoms with Crippen LogP contribution >= 0.6 is 0 Å². The van der Waals surface area contributed by atoms with E-state index in [2.05, 4.69) is 5.32 Å². The van der Waals surface area contributed by atoms with Gasteiger partial charge in [-0.3, -0.25) is 0 Å². The van der Waals surface area contributed by atoms with Crippen molar-refractivity contribution in [2.45, 2.75) is 39.8 Å². The highest BCUT2D eigenvalue weighted by atomic mass is 19.1. The number of hydrogen-bond acceptors (Lipinski definition) is 4. The zero-order valence-electron chi connectivity index (χ0n) is 20.6. The molecule has 0 aliphatic carbocycles. The summed E-state index contributed by atoms with van der Waals surface area (Å²) in [5, 5.41) is 5.21. The fourth-order valence-corrected chi connectivity index (χ4v) is 4.27. The Morgan fingerprint density at radius 2 is 1.77 bits per heavy atom. The number of rotatable bonds is 5. The highest BCUT2D eigenvalue weighted by molar-refractivity contribution is 6.07. The zero-order chi connectivity index (χ0) is 25.3. The molecule has 0 bridgehead atoms. The Morgan fingerprint density at radius 3 is 2.49 bits per heavy atom. The number of hydrogen-bond donors (Lipinski definition) is 1. The summed E-state index contributed by atoms with van der Waals surface area (Å²) >= 11 is 0. The second-order valence-corrected chi connectivity index (χ2v) is 9.36. The number of carbonyl (C=O) groups is 2. The average Bonchev–Trinajstić information content (AvgIpc) is 3.07. The zero-order valence-corrected chi connectivity index (χ0v) is 20.6. The molecule has 0 saturated carbocycles. The Labute approximate surface area is 203 Å². The highest BCUT2D eigenvalue weighted by Gasteiger charge is 2.24. The van der Waals surface area contributed by atoms with Crippen LogP contribution in [-0.2, 0) is 23.1 Å². The molecule has 3 aromatic carbocycles. The van der Waals surface area contributed by atoms with E-state index in [1.54, 1.807) is 33.8 Å². The molecule has 35 heavy (non-hydrogen) atoms. The van der Waals surface area contributed by atoms with Gasteiger partial charge in [-0.05, 0) is 67.8 Å². The molecular weight excluding hydrogens is 447 g/mol. The van der Waals surface area contributed by atoms with Crippen molar-refractivity contribution in [1.82, 2.24) is 9.88 Å². The van der Waals surface area contributed by atoms with Gasteiger partial charge in [-0.2, -0.15) is 0 Å². The fraction of sp³-hybridized carbons (Fsp3) is 0.286. The van der Waals surface area contributed by atoms with Crippen LogP contribution < -0.4 is 5.32 Å². The predicted molar refractivity (Wildman–Crippen MR) is 135 cm³/mol. The number of carbonyl (C=O) groups excluding carboxylic acids is 2. The van der Waals surface area contributed by atoms with Crippen molar-refractivity contribution in [2.75, 3.05) is 6.61 Å². The monoisotopic (exact) mass is 476 g/mol. The van der Waals surface area contributed by atoms with E-state index in [4.69, 9.17) is 9.47 Å². The van der Waals surface area contributed by atoms with Gasteiger partial charge in [0, 0.05) is 18.0 Å². The number of ether oxygens (including phenoxy) is 2.